The largest absolute Gasteiger partial charge is 0.496 e. The highest BCUT2D eigenvalue weighted by atomic mass is 32.1. The maximum absolute atomic E-state index is 10.9. The van der Waals surface area contributed by atoms with Crippen LogP contribution < -0.4 is 10.1 Å². The number of nitro groups is 1. The molecule has 8 heteroatoms. The molecule has 0 radical (unpaired) electrons. The van der Waals surface area contributed by atoms with Crippen LogP contribution in [0.2, 0.25) is 0 Å². The van der Waals surface area contributed by atoms with Crippen LogP contribution in [0.4, 0.5) is 11.4 Å². The molecule has 128 valence electrons. The summed E-state index contributed by atoms with van der Waals surface area (Å²) in [5.41, 5.74) is 3.42. The number of nitro benzene ring substituents is 1. The third kappa shape index (κ3) is 3.43. The number of methoxy groups -OCH3 is 1. The summed E-state index contributed by atoms with van der Waals surface area (Å²) in [6.45, 7) is 0. The van der Waals surface area contributed by atoms with E-state index in [-0.39, 0.29) is 5.69 Å². The lowest BCUT2D eigenvalue weighted by molar-refractivity contribution is -0.384. The molecule has 7 nitrogen and oxygen atoms in total. The Kier molecular flexibility index (Phi) is 4.62. The quantitative estimate of drug-likeness (QED) is 0.428. The number of nitrogens with zero attached hydrogens (tertiary/aromatic N) is 3. The van der Waals surface area contributed by atoms with Gasteiger partial charge in [0, 0.05) is 25.1 Å². The molecule has 0 spiro atoms. The lowest BCUT2D eigenvalue weighted by Crippen LogP contribution is -2.13. The van der Waals surface area contributed by atoms with E-state index >= 15 is 0 Å². The van der Waals surface area contributed by atoms with Crippen molar-refractivity contribution < 1.29 is 9.66 Å². The number of hydrogen-bond donors (Lipinski definition) is 1. The van der Waals surface area contributed by atoms with Crippen LogP contribution >= 0.6 is 12.2 Å². The summed E-state index contributed by atoms with van der Waals surface area (Å²) in [4.78, 5) is 15.4. The lowest BCUT2D eigenvalue weighted by Gasteiger charge is -2.11. The molecule has 0 aliphatic heterocycles. The molecule has 0 fully saturated rings. The minimum absolute atomic E-state index is 0.0160. The van der Waals surface area contributed by atoms with Crippen LogP contribution in [0.1, 0.15) is 5.56 Å². The van der Waals surface area contributed by atoms with Gasteiger partial charge in [-0.2, -0.15) is 0 Å². The molecule has 0 bridgehead atoms. The zero-order valence-electron chi connectivity index (χ0n) is 13.7. The molecule has 3 aromatic rings. The van der Waals surface area contributed by atoms with E-state index in [2.05, 4.69) is 10.3 Å². The first kappa shape index (κ1) is 16.8. The second kappa shape index (κ2) is 6.86. The van der Waals surface area contributed by atoms with Crippen LogP contribution in [-0.4, -0.2) is 26.6 Å². The zero-order valence-corrected chi connectivity index (χ0v) is 14.5. The molecule has 2 aromatic carbocycles. The third-order valence-electron chi connectivity index (χ3n) is 3.86. The van der Waals surface area contributed by atoms with Gasteiger partial charge in [0.05, 0.1) is 40.6 Å². The lowest BCUT2D eigenvalue weighted by atomic mass is 10.1. The van der Waals surface area contributed by atoms with E-state index in [1.165, 1.54) is 19.2 Å². The number of thiocarbonyl (C=S) groups is 1. The maximum Gasteiger partial charge on any atom is 0.273 e. The van der Waals surface area contributed by atoms with Crippen molar-refractivity contribution in [3.8, 4) is 5.75 Å². The van der Waals surface area contributed by atoms with E-state index in [4.69, 9.17) is 17.0 Å². The Labute approximate surface area is 149 Å². The number of para-hydroxylation sites is 1. The van der Waals surface area contributed by atoms with Gasteiger partial charge in [-0.1, -0.05) is 18.3 Å². The Balaban J connectivity index is 1.81. The van der Waals surface area contributed by atoms with Crippen molar-refractivity contribution in [3.05, 3.63) is 58.4 Å². The number of hydrogen-bond acceptors (Lipinski definition) is 5. The molecule has 25 heavy (non-hydrogen) atoms. The topological polar surface area (TPSA) is 82.2 Å². The number of benzene rings is 2. The normalized spacial score (nSPS) is 10.6. The summed E-state index contributed by atoms with van der Waals surface area (Å²) in [5.74, 6) is 0.439. The standard InChI is InChI=1S/C17H16N4O3S/c1-20-10-18-17-13(4-3-5-14(17)20)19-16(25)8-11-6-7-12(21(22)23)9-15(11)24-2/h3-7,9-10H,8H2,1-2H3,(H,19,25). The van der Waals surface area contributed by atoms with E-state index in [9.17, 15) is 10.1 Å². The molecule has 3 rings (SSSR count). The van der Waals surface area contributed by atoms with Crippen molar-refractivity contribution in [1.82, 2.24) is 9.55 Å². The van der Waals surface area contributed by atoms with Crippen molar-refractivity contribution in [2.24, 2.45) is 7.05 Å². The van der Waals surface area contributed by atoms with Crippen molar-refractivity contribution in [2.75, 3.05) is 12.4 Å². The number of nitrogens with one attached hydrogen (secondary N) is 1. The van der Waals surface area contributed by atoms with Crippen molar-refractivity contribution in [1.29, 1.82) is 0 Å². The number of anilines is 1. The number of rotatable bonds is 5. The Morgan fingerprint density at radius 2 is 2.20 bits per heavy atom. The van der Waals surface area contributed by atoms with Gasteiger partial charge >= 0.3 is 0 Å². The molecule has 0 saturated heterocycles. The molecule has 0 aliphatic carbocycles. The number of non-ortho nitro benzene ring substituents is 1. The first-order chi connectivity index (χ1) is 12.0. The van der Waals surface area contributed by atoms with Gasteiger partial charge in [-0.3, -0.25) is 10.1 Å². The minimum atomic E-state index is -0.454. The van der Waals surface area contributed by atoms with Gasteiger partial charge < -0.3 is 14.6 Å². The molecule has 1 aromatic heterocycles. The first-order valence-corrected chi connectivity index (χ1v) is 7.91. The van der Waals surface area contributed by atoms with Crippen LogP contribution in [0.5, 0.6) is 5.75 Å². The molecule has 0 unspecified atom stereocenters. The van der Waals surface area contributed by atoms with Gasteiger partial charge in [0.25, 0.3) is 5.69 Å². The van der Waals surface area contributed by atoms with Crippen LogP contribution in [0.3, 0.4) is 0 Å². The van der Waals surface area contributed by atoms with Crippen LogP contribution in [0.15, 0.2) is 42.7 Å². The van der Waals surface area contributed by atoms with Gasteiger partial charge in [-0.15, -0.1) is 0 Å². The van der Waals surface area contributed by atoms with Gasteiger partial charge in [-0.25, -0.2) is 4.98 Å². The van der Waals surface area contributed by atoms with Crippen LogP contribution in [-0.2, 0) is 13.5 Å². The van der Waals surface area contributed by atoms with E-state index in [1.54, 1.807) is 12.4 Å². The number of ether oxygens (including phenoxy) is 1. The molecule has 0 atom stereocenters. The van der Waals surface area contributed by atoms with E-state index < -0.39 is 4.92 Å². The fraction of sp³-hybridized carbons (Fsp3) is 0.176. The Morgan fingerprint density at radius 1 is 1.40 bits per heavy atom. The van der Waals surface area contributed by atoms with E-state index in [0.29, 0.717) is 17.2 Å². The Morgan fingerprint density at radius 3 is 2.92 bits per heavy atom. The molecule has 1 heterocycles. The predicted octanol–water partition coefficient (Wildman–Crippen LogP) is 3.47. The molecule has 0 aliphatic rings. The minimum Gasteiger partial charge on any atom is -0.496 e. The molecule has 1 N–H and O–H groups in total. The number of aromatic nitrogens is 2. The first-order valence-electron chi connectivity index (χ1n) is 7.51. The second-order valence-electron chi connectivity index (χ2n) is 5.51. The monoisotopic (exact) mass is 356 g/mol. The zero-order chi connectivity index (χ0) is 18.0. The molecular weight excluding hydrogens is 340 g/mol. The second-order valence-corrected chi connectivity index (χ2v) is 6.00. The highest BCUT2D eigenvalue weighted by molar-refractivity contribution is 7.80. The average Bonchev–Trinajstić information content (AvgIpc) is 2.97. The van der Waals surface area contributed by atoms with Crippen molar-refractivity contribution >= 4 is 39.6 Å². The third-order valence-corrected chi connectivity index (χ3v) is 4.11. The number of aryl methyl sites for hydroxylation is 1. The summed E-state index contributed by atoms with van der Waals surface area (Å²) in [5, 5.41) is 14.1. The van der Waals surface area contributed by atoms with Gasteiger partial charge in [0.1, 0.15) is 11.3 Å². The Bertz CT molecular complexity index is 968. The highest BCUT2D eigenvalue weighted by Gasteiger charge is 2.13. The summed E-state index contributed by atoms with van der Waals surface area (Å²) >= 11 is 5.44. The fourth-order valence-corrected chi connectivity index (χ4v) is 2.88. The smallest absolute Gasteiger partial charge is 0.273 e. The summed E-state index contributed by atoms with van der Waals surface area (Å²) in [7, 11) is 3.41. The molecule has 0 saturated carbocycles. The Hall–Kier alpha value is -3.00. The maximum atomic E-state index is 10.9. The van der Waals surface area contributed by atoms with Crippen molar-refractivity contribution in [2.45, 2.75) is 6.42 Å². The fourth-order valence-electron chi connectivity index (χ4n) is 2.62. The summed E-state index contributed by atoms with van der Waals surface area (Å²) in [6, 6.07) is 10.3. The van der Waals surface area contributed by atoms with Crippen LogP contribution in [0, 0.1) is 10.1 Å². The van der Waals surface area contributed by atoms with Gasteiger partial charge in [0.2, 0.25) is 0 Å². The van der Waals surface area contributed by atoms with Gasteiger partial charge in [0.15, 0.2) is 0 Å². The average molecular weight is 356 g/mol. The summed E-state index contributed by atoms with van der Waals surface area (Å²) < 4.78 is 7.19. The summed E-state index contributed by atoms with van der Waals surface area (Å²) in [6.07, 6.45) is 2.15. The van der Waals surface area contributed by atoms with E-state index in [1.807, 2.05) is 29.8 Å². The molecular formula is C17H16N4O3S. The highest BCUT2D eigenvalue weighted by Crippen LogP contribution is 2.26. The van der Waals surface area contributed by atoms with E-state index in [0.717, 1.165) is 22.3 Å². The van der Waals surface area contributed by atoms with Gasteiger partial charge in [-0.05, 0) is 18.2 Å². The SMILES string of the molecule is COc1cc([N+](=O)[O-])ccc1CC(=S)Nc1cccc2c1ncn2C. The number of imidazole rings is 1. The van der Waals surface area contributed by atoms with Crippen molar-refractivity contribution in [3.63, 3.8) is 0 Å². The number of fused-ring (bicyclic) bond motifs is 1. The molecule has 0 amide bonds. The van der Waals surface area contributed by atoms with Crippen LogP contribution in [0.25, 0.3) is 11.0 Å². The predicted molar refractivity (Wildman–Crippen MR) is 100 cm³/mol.